The van der Waals surface area contributed by atoms with Crippen molar-refractivity contribution < 1.29 is 5.11 Å². The Bertz CT molecular complexity index is 699. The van der Waals surface area contributed by atoms with E-state index in [0.717, 1.165) is 15.7 Å². The van der Waals surface area contributed by atoms with Gasteiger partial charge >= 0.3 is 0 Å². The van der Waals surface area contributed by atoms with Crippen molar-refractivity contribution in [3.05, 3.63) is 58.6 Å². The molecule has 1 unspecified atom stereocenters. The number of hydrogen-bond acceptors (Lipinski definition) is 4. The van der Waals surface area contributed by atoms with Crippen LogP contribution in [0.25, 0.3) is 0 Å². The van der Waals surface area contributed by atoms with Crippen molar-refractivity contribution in [1.82, 2.24) is 0 Å². The van der Waals surface area contributed by atoms with Gasteiger partial charge in [0.15, 0.2) is 5.96 Å². The molecule has 3 N–H and O–H groups in total. The maximum atomic E-state index is 9.75. The van der Waals surface area contributed by atoms with Gasteiger partial charge in [0.1, 0.15) is 5.75 Å². The molecule has 0 spiro atoms. The second-order valence-corrected chi connectivity index (χ2v) is 6.23. The smallest absolute Gasteiger partial charge is 0.196 e. The number of nitrogens with zero attached hydrogens (tertiary/aromatic N) is 2. The molecule has 108 valence electrons. The van der Waals surface area contributed by atoms with E-state index in [1.165, 1.54) is 0 Å². The molecular formula is C16H16BrN3O. The van der Waals surface area contributed by atoms with Gasteiger partial charge in [0, 0.05) is 10.2 Å². The van der Waals surface area contributed by atoms with E-state index >= 15 is 0 Å². The Balaban J connectivity index is 2.07. The van der Waals surface area contributed by atoms with Crippen LogP contribution < -0.4 is 10.6 Å². The summed E-state index contributed by atoms with van der Waals surface area (Å²) in [4.78, 5) is 6.41. The maximum absolute atomic E-state index is 9.75. The summed E-state index contributed by atoms with van der Waals surface area (Å²) in [5.74, 6) is 0.734. The number of aliphatic imine (C=N–C) groups is 1. The summed E-state index contributed by atoms with van der Waals surface area (Å²) in [5.41, 5.74) is 7.65. The van der Waals surface area contributed by atoms with Gasteiger partial charge in [-0.2, -0.15) is 0 Å². The molecule has 1 aliphatic heterocycles. The predicted octanol–water partition coefficient (Wildman–Crippen LogP) is 3.20. The number of halogens is 1. The molecule has 0 bridgehead atoms. The molecule has 21 heavy (non-hydrogen) atoms. The van der Waals surface area contributed by atoms with Crippen LogP contribution in [0.2, 0.25) is 0 Å². The highest BCUT2D eigenvalue weighted by molar-refractivity contribution is 9.10. The number of phenolic OH excluding ortho intramolecular Hbond substituents is 1. The Labute approximate surface area is 132 Å². The van der Waals surface area contributed by atoms with E-state index in [0.29, 0.717) is 12.5 Å². The molecule has 2 aromatic rings. The number of nitrogens with two attached hydrogens (primary N) is 1. The van der Waals surface area contributed by atoms with Gasteiger partial charge in [0.05, 0.1) is 12.1 Å². The first-order valence-electron chi connectivity index (χ1n) is 6.66. The fourth-order valence-electron chi connectivity index (χ4n) is 2.70. The van der Waals surface area contributed by atoms with Crippen LogP contribution in [0.1, 0.15) is 12.5 Å². The van der Waals surface area contributed by atoms with Gasteiger partial charge in [-0.3, -0.25) is 4.99 Å². The number of benzene rings is 2. The molecule has 1 heterocycles. The fraction of sp³-hybridized carbons (Fsp3) is 0.188. The van der Waals surface area contributed by atoms with Crippen LogP contribution in [0.15, 0.2) is 58.0 Å². The maximum Gasteiger partial charge on any atom is 0.196 e. The lowest BCUT2D eigenvalue weighted by Crippen LogP contribution is -2.47. The molecule has 0 amide bonds. The summed E-state index contributed by atoms with van der Waals surface area (Å²) < 4.78 is 1.01. The number of aromatic hydroxyl groups is 1. The fourth-order valence-corrected chi connectivity index (χ4v) is 2.96. The zero-order chi connectivity index (χ0) is 15.0. The molecule has 4 nitrogen and oxygen atoms in total. The molecule has 0 fully saturated rings. The third-order valence-electron chi connectivity index (χ3n) is 3.82. The third kappa shape index (κ3) is 2.38. The number of rotatable bonds is 2. The quantitative estimate of drug-likeness (QED) is 0.878. The van der Waals surface area contributed by atoms with Crippen molar-refractivity contribution in [3.63, 3.8) is 0 Å². The summed E-state index contributed by atoms with van der Waals surface area (Å²) >= 11 is 3.44. The zero-order valence-electron chi connectivity index (χ0n) is 11.6. The molecule has 0 aliphatic carbocycles. The first-order chi connectivity index (χ1) is 10.0. The van der Waals surface area contributed by atoms with E-state index in [4.69, 9.17) is 5.73 Å². The Morgan fingerprint density at radius 1 is 1.24 bits per heavy atom. The molecule has 0 saturated heterocycles. The Hall–Kier alpha value is -2.01. The van der Waals surface area contributed by atoms with Crippen molar-refractivity contribution in [3.8, 4) is 5.75 Å². The average Bonchev–Trinajstić information content (AvgIpc) is 2.77. The standard InChI is InChI=1S/C16H16BrN3O/c1-16(11-3-2-4-14(21)9-11)10-19-15(18)20(16)13-7-5-12(17)6-8-13/h2-9,21H,10H2,1H3,(H2,18,19). The Kier molecular flexibility index (Phi) is 3.37. The van der Waals surface area contributed by atoms with Gasteiger partial charge in [-0.25, -0.2) is 0 Å². The zero-order valence-corrected chi connectivity index (χ0v) is 13.2. The van der Waals surface area contributed by atoms with E-state index in [1.54, 1.807) is 12.1 Å². The average molecular weight is 346 g/mol. The van der Waals surface area contributed by atoms with Crippen molar-refractivity contribution in [2.24, 2.45) is 10.7 Å². The lowest BCUT2D eigenvalue weighted by molar-refractivity contribution is 0.468. The third-order valence-corrected chi connectivity index (χ3v) is 4.35. The molecular weight excluding hydrogens is 330 g/mol. The van der Waals surface area contributed by atoms with Crippen LogP contribution in [0.3, 0.4) is 0 Å². The van der Waals surface area contributed by atoms with E-state index in [1.807, 2.05) is 41.3 Å². The summed E-state index contributed by atoms with van der Waals surface area (Å²) in [5, 5.41) is 9.75. The number of hydrogen-bond donors (Lipinski definition) is 2. The van der Waals surface area contributed by atoms with Crippen molar-refractivity contribution in [2.45, 2.75) is 12.5 Å². The second-order valence-electron chi connectivity index (χ2n) is 5.31. The topological polar surface area (TPSA) is 61.9 Å². The van der Waals surface area contributed by atoms with Gasteiger partial charge in [-0.15, -0.1) is 0 Å². The second kappa shape index (κ2) is 5.07. The van der Waals surface area contributed by atoms with Gasteiger partial charge < -0.3 is 15.7 Å². The van der Waals surface area contributed by atoms with Crippen molar-refractivity contribution in [1.29, 1.82) is 0 Å². The molecule has 0 saturated carbocycles. The van der Waals surface area contributed by atoms with Crippen LogP contribution in [0.4, 0.5) is 5.69 Å². The van der Waals surface area contributed by atoms with Crippen LogP contribution in [-0.2, 0) is 5.54 Å². The first-order valence-corrected chi connectivity index (χ1v) is 7.45. The number of phenols is 1. The summed E-state index contributed by atoms with van der Waals surface area (Å²) in [6.07, 6.45) is 0. The highest BCUT2D eigenvalue weighted by Gasteiger charge is 2.40. The van der Waals surface area contributed by atoms with Gasteiger partial charge in [0.2, 0.25) is 0 Å². The molecule has 1 aliphatic rings. The van der Waals surface area contributed by atoms with E-state index < -0.39 is 5.54 Å². The number of guanidine groups is 1. The van der Waals surface area contributed by atoms with Crippen molar-refractivity contribution in [2.75, 3.05) is 11.4 Å². The van der Waals surface area contributed by atoms with Gasteiger partial charge in [-0.1, -0.05) is 28.1 Å². The molecule has 5 heteroatoms. The van der Waals surface area contributed by atoms with E-state index in [2.05, 4.69) is 27.8 Å². The van der Waals surface area contributed by atoms with E-state index in [-0.39, 0.29) is 5.75 Å². The number of anilines is 1. The monoisotopic (exact) mass is 345 g/mol. The van der Waals surface area contributed by atoms with Crippen LogP contribution in [0, 0.1) is 0 Å². The minimum atomic E-state index is -0.406. The minimum Gasteiger partial charge on any atom is -0.508 e. The largest absolute Gasteiger partial charge is 0.508 e. The molecule has 1 atom stereocenters. The first kappa shape index (κ1) is 13.9. The minimum absolute atomic E-state index is 0.245. The molecule has 0 radical (unpaired) electrons. The highest BCUT2D eigenvalue weighted by atomic mass is 79.9. The van der Waals surface area contributed by atoms with Crippen LogP contribution in [-0.4, -0.2) is 17.6 Å². The highest BCUT2D eigenvalue weighted by Crippen LogP contribution is 2.37. The Morgan fingerprint density at radius 3 is 2.62 bits per heavy atom. The Morgan fingerprint density at radius 2 is 1.95 bits per heavy atom. The van der Waals surface area contributed by atoms with Crippen molar-refractivity contribution >= 4 is 27.6 Å². The SMILES string of the molecule is CC1(c2cccc(O)c2)CN=C(N)N1c1ccc(Br)cc1. The molecule has 0 aromatic heterocycles. The summed E-state index contributed by atoms with van der Waals surface area (Å²) in [6, 6.07) is 15.2. The normalized spacial score (nSPS) is 21.4. The van der Waals surface area contributed by atoms with E-state index in [9.17, 15) is 5.11 Å². The molecule has 3 rings (SSSR count). The van der Waals surface area contributed by atoms with Crippen LogP contribution >= 0.6 is 15.9 Å². The van der Waals surface area contributed by atoms with Crippen LogP contribution in [0.5, 0.6) is 5.75 Å². The summed E-state index contributed by atoms with van der Waals surface area (Å²) in [6.45, 7) is 2.63. The predicted molar refractivity (Wildman–Crippen MR) is 88.6 cm³/mol. The summed E-state index contributed by atoms with van der Waals surface area (Å²) in [7, 11) is 0. The lowest BCUT2D eigenvalue weighted by atomic mass is 9.90. The lowest BCUT2D eigenvalue weighted by Gasteiger charge is -2.36. The molecule has 2 aromatic carbocycles. The van der Waals surface area contributed by atoms with Gasteiger partial charge in [-0.05, 0) is 48.9 Å². The van der Waals surface area contributed by atoms with Gasteiger partial charge in [0.25, 0.3) is 0 Å².